The summed E-state index contributed by atoms with van der Waals surface area (Å²) >= 11 is 6.08. The lowest BCUT2D eigenvalue weighted by atomic mass is 9.91. The highest BCUT2D eigenvalue weighted by Crippen LogP contribution is 2.32. The van der Waals surface area contributed by atoms with Crippen LogP contribution in [-0.4, -0.2) is 13.2 Å². The first-order valence-corrected chi connectivity index (χ1v) is 7.39. The number of ether oxygens (including phenoxy) is 1. The summed E-state index contributed by atoms with van der Waals surface area (Å²) in [7, 11) is 0. The van der Waals surface area contributed by atoms with Crippen molar-refractivity contribution < 1.29 is 9.13 Å². The molecule has 2 nitrogen and oxygen atoms in total. The number of hydrogen-bond donors (Lipinski definition) is 1. The Bertz CT molecular complexity index is 603. The molecule has 4 heteroatoms. The van der Waals surface area contributed by atoms with E-state index in [1.807, 2.05) is 25.1 Å². The largest absolute Gasteiger partial charge is 0.494 e. The van der Waals surface area contributed by atoms with E-state index < -0.39 is 0 Å². The minimum Gasteiger partial charge on any atom is -0.494 e. The van der Waals surface area contributed by atoms with Crippen LogP contribution in [0.5, 0.6) is 5.75 Å². The number of rotatable bonds is 6. The third-order valence-corrected chi connectivity index (χ3v) is 3.66. The van der Waals surface area contributed by atoms with E-state index >= 15 is 0 Å². The van der Waals surface area contributed by atoms with Crippen LogP contribution in [0.3, 0.4) is 0 Å². The van der Waals surface area contributed by atoms with Gasteiger partial charge in [-0.05, 0) is 49.7 Å². The lowest BCUT2D eigenvalue weighted by Gasteiger charge is -2.19. The van der Waals surface area contributed by atoms with Crippen LogP contribution in [-0.2, 0) is 6.42 Å². The lowest BCUT2D eigenvalue weighted by molar-refractivity contribution is 0.334. The number of hydrogen-bond acceptors (Lipinski definition) is 2. The van der Waals surface area contributed by atoms with E-state index in [2.05, 4.69) is 0 Å². The maximum absolute atomic E-state index is 13.8. The van der Waals surface area contributed by atoms with Gasteiger partial charge in [0.05, 0.1) is 6.61 Å². The van der Waals surface area contributed by atoms with E-state index in [9.17, 15) is 4.39 Å². The summed E-state index contributed by atoms with van der Waals surface area (Å²) in [5, 5.41) is 0.625. The van der Waals surface area contributed by atoms with E-state index in [4.69, 9.17) is 22.1 Å². The van der Waals surface area contributed by atoms with Crippen molar-refractivity contribution in [2.45, 2.75) is 19.3 Å². The lowest BCUT2D eigenvalue weighted by Crippen LogP contribution is -2.17. The molecule has 0 radical (unpaired) electrons. The molecule has 0 aliphatic rings. The fourth-order valence-electron chi connectivity index (χ4n) is 2.37. The average Bonchev–Trinajstić information content (AvgIpc) is 2.49. The van der Waals surface area contributed by atoms with Crippen LogP contribution < -0.4 is 10.5 Å². The average molecular weight is 308 g/mol. The van der Waals surface area contributed by atoms with Crippen LogP contribution in [0.25, 0.3) is 0 Å². The van der Waals surface area contributed by atoms with Gasteiger partial charge in [0.1, 0.15) is 11.6 Å². The monoisotopic (exact) mass is 307 g/mol. The minimum absolute atomic E-state index is 0.0397. The first kappa shape index (κ1) is 15.8. The van der Waals surface area contributed by atoms with Gasteiger partial charge in [-0.25, -0.2) is 4.39 Å². The van der Waals surface area contributed by atoms with Gasteiger partial charge in [0.15, 0.2) is 0 Å². The van der Waals surface area contributed by atoms with E-state index in [1.54, 1.807) is 18.2 Å². The molecule has 2 aromatic carbocycles. The van der Waals surface area contributed by atoms with Crippen LogP contribution in [0.2, 0.25) is 5.02 Å². The summed E-state index contributed by atoms with van der Waals surface area (Å²) < 4.78 is 19.5. The van der Waals surface area contributed by atoms with Crippen molar-refractivity contribution >= 4 is 11.6 Å². The summed E-state index contributed by atoms with van der Waals surface area (Å²) in [4.78, 5) is 0. The van der Waals surface area contributed by atoms with Gasteiger partial charge in [0.25, 0.3) is 0 Å². The first-order chi connectivity index (χ1) is 10.2. The summed E-state index contributed by atoms with van der Waals surface area (Å²) in [5.41, 5.74) is 7.47. The highest BCUT2D eigenvalue weighted by atomic mass is 35.5. The van der Waals surface area contributed by atoms with Crippen LogP contribution >= 0.6 is 11.6 Å². The molecule has 0 heterocycles. The molecule has 2 aromatic rings. The molecular formula is C17H19ClFNO. The number of nitrogens with two attached hydrogens (primary N) is 1. The Kier molecular flexibility index (Phi) is 5.59. The van der Waals surface area contributed by atoms with Gasteiger partial charge in [0, 0.05) is 16.5 Å². The standard InChI is InChI=1S/C17H19ClFNO/c1-2-21-17-8-7-14(18)10-15(17)13(11-20)9-12-5-3-4-6-16(12)19/h3-8,10,13H,2,9,11,20H2,1H3. The summed E-state index contributed by atoms with van der Waals surface area (Å²) in [6, 6.07) is 12.2. The zero-order chi connectivity index (χ0) is 15.2. The second kappa shape index (κ2) is 7.43. The van der Waals surface area contributed by atoms with Gasteiger partial charge < -0.3 is 10.5 Å². The molecule has 21 heavy (non-hydrogen) atoms. The Balaban J connectivity index is 2.33. The highest BCUT2D eigenvalue weighted by Gasteiger charge is 2.18. The predicted octanol–water partition coefficient (Wildman–Crippen LogP) is 4.16. The zero-order valence-corrected chi connectivity index (χ0v) is 12.7. The Labute approximate surface area is 129 Å². The molecular weight excluding hydrogens is 289 g/mol. The highest BCUT2D eigenvalue weighted by molar-refractivity contribution is 6.30. The van der Waals surface area contributed by atoms with Crippen molar-refractivity contribution in [2.75, 3.05) is 13.2 Å². The predicted molar refractivity (Wildman–Crippen MR) is 84.5 cm³/mol. The molecule has 0 aromatic heterocycles. The molecule has 0 saturated carbocycles. The van der Waals surface area contributed by atoms with Crippen LogP contribution in [0, 0.1) is 5.82 Å². The Morgan fingerprint density at radius 1 is 1.24 bits per heavy atom. The fourth-order valence-corrected chi connectivity index (χ4v) is 2.56. The van der Waals surface area contributed by atoms with Gasteiger partial charge in [-0.3, -0.25) is 0 Å². The Morgan fingerprint density at radius 2 is 2.00 bits per heavy atom. The molecule has 0 bridgehead atoms. The maximum atomic E-state index is 13.8. The van der Waals surface area contributed by atoms with Crippen molar-refractivity contribution in [2.24, 2.45) is 5.73 Å². The fraction of sp³-hybridized carbons (Fsp3) is 0.294. The molecule has 0 spiro atoms. The smallest absolute Gasteiger partial charge is 0.126 e. The van der Waals surface area contributed by atoms with Crippen molar-refractivity contribution in [1.82, 2.24) is 0 Å². The Hall–Kier alpha value is -1.58. The van der Waals surface area contributed by atoms with Gasteiger partial charge >= 0.3 is 0 Å². The molecule has 2 rings (SSSR count). The Morgan fingerprint density at radius 3 is 2.67 bits per heavy atom. The van der Waals surface area contributed by atoms with Crippen LogP contribution in [0.1, 0.15) is 24.0 Å². The van der Waals surface area contributed by atoms with E-state index in [0.717, 1.165) is 11.3 Å². The summed E-state index contributed by atoms with van der Waals surface area (Å²) in [6.45, 7) is 2.88. The molecule has 0 amide bonds. The van der Waals surface area contributed by atoms with Crippen molar-refractivity contribution in [3.8, 4) is 5.75 Å². The van der Waals surface area contributed by atoms with Gasteiger partial charge in [-0.2, -0.15) is 0 Å². The first-order valence-electron chi connectivity index (χ1n) is 7.01. The van der Waals surface area contributed by atoms with Gasteiger partial charge in [-0.1, -0.05) is 29.8 Å². The second-order valence-corrected chi connectivity index (χ2v) is 5.28. The normalized spacial score (nSPS) is 12.2. The molecule has 112 valence electrons. The third kappa shape index (κ3) is 3.96. The molecule has 2 N–H and O–H groups in total. The number of benzene rings is 2. The van der Waals surface area contributed by atoms with E-state index in [-0.39, 0.29) is 11.7 Å². The summed E-state index contributed by atoms with van der Waals surface area (Å²) in [5.74, 6) is 0.506. The van der Waals surface area contributed by atoms with E-state index in [0.29, 0.717) is 30.2 Å². The molecule has 0 saturated heterocycles. The maximum Gasteiger partial charge on any atom is 0.126 e. The summed E-state index contributed by atoms with van der Waals surface area (Å²) in [6.07, 6.45) is 0.517. The topological polar surface area (TPSA) is 35.2 Å². The zero-order valence-electron chi connectivity index (χ0n) is 12.0. The molecule has 1 unspecified atom stereocenters. The molecule has 0 aliphatic carbocycles. The number of halogens is 2. The second-order valence-electron chi connectivity index (χ2n) is 4.84. The molecule has 0 fully saturated rings. The van der Waals surface area contributed by atoms with Crippen molar-refractivity contribution in [3.05, 3.63) is 64.4 Å². The molecule has 0 aliphatic heterocycles. The van der Waals surface area contributed by atoms with Crippen LogP contribution in [0.15, 0.2) is 42.5 Å². The quantitative estimate of drug-likeness (QED) is 0.869. The van der Waals surface area contributed by atoms with Crippen molar-refractivity contribution in [3.63, 3.8) is 0 Å². The van der Waals surface area contributed by atoms with E-state index in [1.165, 1.54) is 6.07 Å². The van der Waals surface area contributed by atoms with Crippen LogP contribution in [0.4, 0.5) is 4.39 Å². The third-order valence-electron chi connectivity index (χ3n) is 3.42. The molecule has 1 atom stereocenters. The van der Waals surface area contributed by atoms with Gasteiger partial charge in [0.2, 0.25) is 0 Å². The minimum atomic E-state index is -0.212. The SMILES string of the molecule is CCOc1ccc(Cl)cc1C(CN)Cc1ccccc1F. The van der Waals surface area contributed by atoms with Gasteiger partial charge in [-0.15, -0.1) is 0 Å². The van der Waals surface area contributed by atoms with Crippen molar-refractivity contribution in [1.29, 1.82) is 0 Å².